The number of halogens is 1. The second-order valence-corrected chi connectivity index (χ2v) is 5.72. The average molecular weight is 303 g/mol. The molecular weight excluding hydrogens is 292 g/mol. The molecule has 0 unspecified atom stereocenters. The van der Waals surface area contributed by atoms with Crippen LogP contribution in [0.5, 0.6) is 0 Å². The molecule has 0 radical (unpaired) electrons. The smallest absolute Gasteiger partial charge is 0.257 e. The van der Waals surface area contributed by atoms with Gasteiger partial charge in [-0.15, -0.1) is 11.3 Å². The van der Waals surface area contributed by atoms with Crippen molar-refractivity contribution < 1.29 is 4.79 Å². The molecule has 0 spiro atoms. The molecule has 0 saturated carbocycles. The molecule has 5 heteroatoms. The van der Waals surface area contributed by atoms with E-state index >= 15 is 0 Å². The van der Waals surface area contributed by atoms with Crippen molar-refractivity contribution in [3.05, 3.63) is 58.4 Å². The minimum absolute atomic E-state index is 0.267. The van der Waals surface area contributed by atoms with Crippen LogP contribution in [-0.4, -0.2) is 5.91 Å². The first kappa shape index (κ1) is 13.0. The third-order valence-corrected chi connectivity index (χ3v) is 4.17. The zero-order valence-electron chi connectivity index (χ0n) is 10.4. The van der Waals surface area contributed by atoms with Gasteiger partial charge in [-0.05, 0) is 53.2 Å². The maximum Gasteiger partial charge on any atom is 0.257 e. The molecule has 0 aliphatic heterocycles. The molecule has 2 aromatic carbocycles. The number of fused-ring (bicyclic) bond motifs is 1. The third-order valence-electron chi connectivity index (χ3n) is 2.95. The van der Waals surface area contributed by atoms with Crippen LogP contribution in [0.4, 0.5) is 11.4 Å². The van der Waals surface area contributed by atoms with E-state index in [1.165, 1.54) is 4.70 Å². The number of nitrogens with one attached hydrogen (secondary N) is 1. The Bertz CT molecular complexity index is 797. The van der Waals surface area contributed by atoms with E-state index in [9.17, 15) is 4.79 Å². The number of carbonyl (C=O) groups is 1. The first-order valence-corrected chi connectivity index (χ1v) is 7.23. The second kappa shape index (κ2) is 5.15. The van der Waals surface area contributed by atoms with Crippen molar-refractivity contribution in [3.8, 4) is 0 Å². The number of hydrogen-bond donors (Lipinski definition) is 2. The van der Waals surface area contributed by atoms with Crippen LogP contribution in [0, 0.1) is 0 Å². The van der Waals surface area contributed by atoms with Gasteiger partial charge in [0.25, 0.3) is 5.91 Å². The minimum atomic E-state index is -0.267. The van der Waals surface area contributed by atoms with Crippen LogP contribution < -0.4 is 11.1 Å². The summed E-state index contributed by atoms with van der Waals surface area (Å²) < 4.78 is 1.19. The fourth-order valence-corrected chi connectivity index (χ4v) is 2.93. The Hall–Kier alpha value is -2.04. The maximum absolute atomic E-state index is 12.2. The molecule has 3 nitrogen and oxygen atoms in total. The van der Waals surface area contributed by atoms with Crippen LogP contribution in [0.2, 0.25) is 5.02 Å². The van der Waals surface area contributed by atoms with E-state index in [1.54, 1.807) is 29.5 Å². The maximum atomic E-state index is 12.2. The van der Waals surface area contributed by atoms with Gasteiger partial charge in [0.1, 0.15) is 0 Å². The molecule has 0 saturated heterocycles. The Balaban J connectivity index is 1.89. The summed E-state index contributed by atoms with van der Waals surface area (Å²) in [6.07, 6.45) is 0. The van der Waals surface area contributed by atoms with E-state index in [4.69, 9.17) is 17.3 Å². The number of benzene rings is 2. The first-order valence-electron chi connectivity index (χ1n) is 5.97. The fourth-order valence-electron chi connectivity index (χ4n) is 1.96. The lowest BCUT2D eigenvalue weighted by Crippen LogP contribution is -2.12. The molecule has 0 fully saturated rings. The van der Waals surface area contributed by atoms with Gasteiger partial charge in [0.2, 0.25) is 0 Å². The van der Waals surface area contributed by atoms with Gasteiger partial charge in [0, 0.05) is 16.1 Å². The van der Waals surface area contributed by atoms with Gasteiger partial charge < -0.3 is 11.1 Å². The zero-order valence-corrected chi connectivity index (χ0v) is 12.0. The molecule has 3 N–H and O–H groups in total. The van der Waals surface area contributed by atoms with Crippen molar-refractivity contribution >= 4 is 50.3 Å². The normalized spacial score (nSPS) is 10.7. The number of rotatable bonds is 2. The summed E-state index contributed by atoms with van der Waals surface area (Å²) in [5, 5.41) is 6.34. The number of hydrogen-bond acceptors (Lipinski definition) is 3. The van der Waals surface area contributed by atoms with Crippen LogP contribution in [0.3, 0.4) is 0 Å². The Morgan fingerprint density at radius 3 is 2.85 bits per heavy atom. The van der Waals surface area contributed by atoms with Gasteiger partial charge in [0.15, 0.2) is 0 Å². The molecule has 1 heterocycles. The van der Waals surface area contributed by atoms with Crippen LogP contribution in [0.25, 0.3) is 10.1 Å². The highest BCUT2D eigenvalue weighted by Crippen LogP contribution is 2.25. The largest absolute Gasteiger partial charge is 0.399 e. The van der Waals surface area contributed by atoms with Gasteiger partial charge in [-0.2, -0.15) is 0 Å². The number of thiophene rings is 1. The van der Waals surface area contributed by atoms with E-state index in [0.29, 0.717) is 16.3 Å². The van der Waals surface area contributed by atoms with Gasteiger partial charge in [-0.1, -0.05) is 11.6 Å². The summed E-state index contributed by atoms with van der Waals surface area (Å²) in [5.74, 6) is -0.267. The molecule has 1 aromatic heterocycles. The Morgan fingerprint density at radius 1 is 1.15 bits per heavy atom. The summed E-state index contributed by atoms with van der Waals surface area (Å²) in [6.45, 7) is 0. The summed E-state index contributed by atoms with van der Waals surface area (Å²) in [6, 6.07) is 12.7. The van der Waals surface area contributed by atoms with E-state index in [2.05, 4.69) is 5.32 Å². The molecule has 100 valence electrons. The molecule has 0 aliphatic carbocycles. The third kappa shape index (κ3) is 2.48. The van der Waals surface area contributed by atoms with Gasteiger partial charge >= 0.3 is 0 Å². The highest BCUT2D eigenvalue weighted by molar-refractivity contribution is 7.17. The van der Waals surface area contributed by atoms with Gasteiger partial charge in [-0.25, -0.2) is 0 Å². The Morgan fingerprint density at radius 2 is 2.00 bits per heavy atom. The molecule has 3 rings (SSSR count). The number of nitrogen functional groups attached to an aromatic ring is 1. The van der Waals surface area contributed by atoms with E-state index < -0.39 is 0 Å². The monoisotopic (exact) mass is 302 g/mol. The van der Waals surface area contributed by atoms with Crippen molar-refractivity contribution in [2.24, 2.45) is 0 Å². The predicted molar refractivity (Wildman–Crippen MR) is 85.6 cm³/mol. The first-order chi connectivity index (χ1) is 9.63. The Kier molecular flexibility index (Phi) is 3.34. The SMILES string of the molecule is Nc1ccc(Cl)c(C(=O)Nc2ccc3sccc3c2)c1. The number of amides is 1. The number of nitrogens with two attached hydrogens (primary N) is 1. The fraction of sp³-hybridized carbons (Fsp3) is 0. The van der Waals surface area contributed by atoms with Gasteiger partial charge in [0.05, 0.1) is 10.6 Å². The summed E-state index contributed by atoms with van der Waals surface area (Å²) >= 11 is 7.69. The summed E-state index contributed by atoms with van der Waals surface area (Å²) in [7, 11) is 0. The standard InChI is InChI=1S/C15H11ClN2OS/c16-13-3-1-10(17)8-12(13)15(19)18-11-2-4-14-9(7-11)5-6-20-14/h1-8H,17H2,(H,18,19). The zero-order chi connectivity index (χ0) is 14.1. The topological polar surface area (TPSA) is 55.1 Å². The molecule has 3 aromatic rings. The van der Waals surface area contributed by atoms with E-state index in [0.717, 1.165) is 11.1 Å². The van der Waals surface area contributed by atoms with Crippen LogP contribution in [0.1, 0.15) is 10.4 Å². The average Bonchev–Trinajstić information content (AvgIpc) is 2.89. The van der Waals surface area contributed by atoms with Crippen molar-refractivity contribution in [2.75, 3.05) is 11.1 Å². The Labute approximate surface area is 125 Å². The summed E-state index contributed by atoms with van der Waals surface area (Å²) in [4.78, 5) is 12.2. The molecule has 0 bridgehead atoms. The molecule has 20 heavy (non-hydrogen) atoms. The lowest BCUT2D eigenvalue weighted by Gasteiger charge is -2.07. The van der Waals surface area contributed by atoms with Gasteiger partial charge in [-0.3, -0.25) is 4.79 Å². The van der Waals surface area contributed by atoms with Crippen LogP contribution >= 0.6 is 22.9 Å². The van der Waals surface area contributed by atoms with E-state index in [-0.39, 0.29) is 5.91 Å². The lowest BCUT2D eigenvalue weighted by molar-refractivity contribution is 0.102. The van der Waals surface area contributed by atoms with Crippen LogP contribution in [-0.2, 0) is 0 Å². The molecule has 0 aliphatic rings. The molecular formula is C15H11ClN2OS. The van der Waals surface area contributed by atoms with Crippen molar-refractivity contribution in [3.63, 3.8) is 0 Å². The molecule has 1 amide bonds. The van der Waals surface area contributed by atoms with Crippen molar-refractivity contribution in [1.29, 1.82) is 0 Å². The predicted octanol–water partition coefficient (Wildman–Crippen LogP) is 4.39. The summed E-state index contributed by atoms with van der Waals surface area (Å²) in [5.41, 5.74) is 7.30. The van der Waals surface area contributed by atoms with E-state index in [1.807, 2.05) is 29.6 Å². The number of carbonyl (C=O) groups excluding carboxylic acids is 1. The second-order valence-electron chi connectivity index (χ2n) is 4.37. The highest BCUT2D eigenvalue weighted by atomic mass is 35.5. The lowest BCUT2D eigenvalue weighted by atomic mass is 10.1. The van der Waals surface area contributed by atoms with Crippen molar-refractivity contribution in [1.82, 2.24) is 0 Å². The van der Waals surface area contributed by atoms with Crippen molar-refractivity contribution in [2.45, 2.75) is 0 Å². The quantitative estimate of drug-likeness (QED) is 0.690. The number of anilines is 2. The molecule has 0 atom stereocenters. The van der Waals surface area contributed by atoms with Crippen LogP contribution in [0.15, 0.2) is 47.8 Å². The highest BCUT2D eigenvalue weighted by Gasteiger charge is 2.11. The minimum Gasteiger partial charge on any atom is -0.399 e.